The van der Waals surface area contributed by atoms with Crippen molar-refractivity contribution in [1.29, 1.82) is 0 Å². The first-order chi connectivity index (χ1) is 32.1. The molecule has 68 heavy (non-hydrogen) atoms. The molecule has 0 aliphatic heterocycles. The van der Waals surface area contributed by atoms with E-state index in [-0.39, 0.29) is 43.1 Å². The molecule has 0 bridgehead atoms. The van der Waals surface area contributed by atoms with Crippen LogP contribution < -0.4 is 0 Å². The number of aromatic nitrogens is 3. The largest absolute Gasteiger partial charge is 0.507 e. The van der Waals surface area contributed by atoms with Crippen LogP contribution in [0.3, 0.4) is 0 Å². The van der Waals surface area contributed by atoms with Crippen molar-refractivity contribution >= 4 is 11.0 Å². The van der Waals surface area contributed by atoms with E-state index in [2.05, 4.69) is 219 Å². The van der Waals surface area contributed by atoms with Crippen LogP contribution >= 0.6 is 0 Å². The Hall–Kier alpha value is -6.35. The number of hydrogen-bond donors (Lipinski definition) is 1. The smallest absolute Gasteiger partial charge is 0.148 e. The predicted molar refractivity (Wildman–Crippen MR) is 282 cm³/mol. The maximum Gasteiger partial charge on any atom is 0.148 e. The molecule has 0 amide bonds. The minimum Gasteiger partial charge on any atom is -0.507 e. The topological polar surface area (TPSA) is 50.9 Å². The summed E-state index contributed by atoms with van der Waals surface area (Å²) in [6.07, 6.45) is 1.89. The van der Waals surface area contributed by atoms with E-state index in [0.717, 1.165) is 89.2 Å². The Bertz CT molecular complexity index is 3310. The van der Waals surface area contributed by atoms with Crippen molar-refractivity contribution in [1.82, 2.24) is 14.5 Å². The Morgan fingerprint density at radius 3 is 1.81 bits per heavy atom. The van der Waals surface area contributed by atoms with Gasteiger partial charge in [-0.3, -0.25) is 9.55 Å². The third-order valence-electron chi connectivity index (χ3n) is 13.0. The van der Waals surface area contributed by atoms with Crippen LogP contribution in [0.25, 0.3) is 83.9 Å². The number of pyridine rings is 1. The number of imidazole rings is 1. The van der Waals surface area contributed by atoms with E-state index in [1.807, 2.05) is 32.2 Å². The van der Waals surface area contributed by atoms with Crippen LogP contribution in [0.4, 0.5) is 0 Å². The van der Waals surface area contributed by atoms with E-state index in [4.69, 9.17) is 11.3 Å². The molecule has 0 spiro atoms. The molecule has 0 atom stereocenters. The molecule has 5 heteroatoms. The van der Waals surface area contributed by atoms with Gasteiger partial charge in [0.15, 0.2) is 0 Å². The molecular weight excluding hydrogens is 1010 g/mol. The van der Waals surface area contributed by atoms with Crippen LogP contribution in [0, 0.1) is 6.07 Å². The quantitative estimate of drug-likeness (QED) is 0.154. The third-order valence-corrected chi connectivity index (χ3v) is 13.0. The number of fused-ring (bicyclic) bond motifs is 1. The molecular formula is C63H62N3OPt-. The number of benzene rings is 7. The first-order valence-electron chi connectivity index (χ1n) is 24.0. The van der Waals surface area contributed by atoms with Gasteiger partial charge in [-0.05, 0) is 91.4 Å². The second kappa shape index (κ2) is 18.6. The van der Waals surface area contributed by atoms with E-state index in [9.17, 15) is 5.11 Å². The van der Waals surface area contributed by atoms with Gasteiger partial charge in [-0.1, -0.05) is 208 Å². The summed E-state index contributed by atoms with van der Waals surface area (Å²) < 4.78 is 11.3. The van der Waals surface area contributed by atoms with Gasteiger partial charge in [0, 0.05) is 45.5 Å². The second-order valence-electron chi connectivity index (χ2n) is 21.3. The number of rotatable bonds is 8. The second-order valence-corrected chi connectivity index (χ2v) is 21.3. The average Bonchev–Trinajstić information content (AvgIpc) is 3.70. The molecule has 0 saturated carbocycles. The molecule has 346 valence electrons. The molecule has 0 unspecified atom stereocenters. The van der Waals surface area contributed by atoms with Gasteiger partial charge in [-0.15, -0.1) is 23.8 Å². The number of phenolic OH excluding ortho intramolecular Hbond substituents is 1. The van der Waals surface area contributed by atoms with Crippen molar-refractivity contribution in [2.24, 2.45) is 0 Å². The van der Waals surface area contributed by atoms with Crippen molar-refractivity contribution in [3.05, 3.63) is 192 Å². The Kier molecular flexibility index (Phi) is 12.8. The summed E-state index contributed by atoms with van der Waals surface area (Å²) in [5, 5.41) is 12.6. The molecule has 9 rings (SSSR count). The summed E-state index contributed by atoms with van der Waals surface area (Å²) in [5.41, 5.74) is 16.7. The molecule has 4 nitrogen and oxygen atoms in total. The van der Waals surface area contributed by atoms with Crippen LogP contribution in [0.1, 0.15) is 106 Å². The van der Waals surface area contributed by atoms with Gasteiger partial charge in [0.05, 0.1) is 22.3 Å². The molecule has 9 aromatic rings. The van der Waals surface area contributed by atoms with Crippen molar-refractivity contribution in [3.63, 3.8) is 0 Å². The van der Waals surface area contributed by atoms with Crippen molar-refractivity contribution in [2.45, 2.75) is 98.3 Å². The molecule has 7 aromatic carbocycles. The summed E-state index contributed by atoms with van der Waals surface area (Å²) in [5.74, 6) is 0.00838. The van der Waals surface area contributed by atoms with E-state index in [1.54, 1.807) is 0 Å². The van der Waals surface area contributed by atoms with Crippen LogP contribution in [0.5, 0.6) is 5.75 Å². The normalized spacial score (nSPS) is 12.5. The van der Waals surface area contributed by atoms with Crippen molar-refractivity contribution in [2.75, 3.05) is 0 Å². The Morgan fingerprint density at radius 1 is 0.544 bits per heavy atom. The summed E-state index contributed by atoms with van der Waals surface area (Å²) >= 11 is 0. The number of aromatic hydroxyl groups is 1. The average molecular weight is 1070 g/mol. The van der Waals surface area contributed by atoms with Gasteiger partial charge in [0.25, 0.3) is 0 Å². The fraction of sp³-hybridized carbons (Fsp3) is 0.238. The number of nitrogens with zero attached hydrogens (tertiary/aromatic N) is 3. The summed E-state index contributed by atoms with van der Waals surface area (Å²) in [4.78, 5) is 10.6. The zero-order valence-electron chi connectivity index (χ0n) is 42.2. The fourth-order valence-corrected chi connectivity index (χ4v) is 9.01. The maximum atomic E-state index is 12.6. The maximum absolute atomic E-state index is 12.6. The van der Waals surface area contributed by atoms with Crippen LogP contribution in [-0.4, -0.2) is 19.6 Å². The van der Waals surface area contributed by atoms with Gasteiger partial charge in [-0.2, -0.15) is 0 Å². The van der Waals surface area contributed by atoms with Crippen LogP contribution in [-0.2, 0) is 37.3 Å². The molecule has 0 saturated heterocycles. The molecule has 2 heterocycles. The number of para-hydroxylation sites is 1. The Morgan fingerprint density at radius 2 is 1.18 bits per heavy atom. The minimum atomic E-state index is -0.835. The Balaban J connectivity index is 0.00000642. The SMILES string of the molecule is [2H]C(C)(C)c1ccc(-n2c(-c3cc(C(C)(C)C)cc(C(C)(C)C)c3O)nc3c(-c4[c-]c(-c5cc(-c6ccc(C(C)(C)C)cc6)ccn5)cc(-c5ccccc5)c4)cccc32)c(-c2ccccc2)c1.[Pt]. The first kappa shape index (κ1) is 46.7. The van der Waals surface area contributed by atoms with E-state index in [1.165, 1.54) is 5.56 Å². The van der Waals surface area contributed by atoms with Gasteiger partial charge >= 0.3 is 0 Å². The molecule has 0 fully saturated rings. The molecule has 0 aliphatic carbocycles. The van der Waals surface area contributed by atoms with Crippen LogP contribution in [0.2, 0.25) is 0 Å². The predicted octanol–water partition coefficient (Wildman–Crippen LogP) is 16.9. The van der Waals surface area contributed by atoms with Crippen LogP contribution in [0.15, 0.2) is 164 Å². The van der Waals surface area contributed by atoms with E-state index in [0.29, 0.717) is 11.4 Å². The van der Waals surface area contributed by atoms with Gasteiger partial charge < -0.3 is 5.11 Å². The van der Waals surface area contributed by atoms with Gasteiger partial charge in [0.1, 0.15) is 11.6 Å². The van der Waals surface area contributed by atoms with E-state index >= 15 is 0 Å². The van der Waals surface area contributed by atoms with Gasteiger partial charge in [0.2, 0.25) is 0 Å². The summed E-state index contributed by atoms with van der Waals surface area (Å²) in [6, 6.07) is 59.1. The minimum absolute atomic E-state index is 0. The van der Waals surface area contributed by atoms with Crippen molar-refractivity contribution < 1.29 is 27.5 Å². The fourth-order valence-electron chi connectivity index (χ4n) is 9.01. The number of phenols is 1. The van der Waals surface area contributed by atoms with Gasteiger partial charge in [-0.25, -0.2) is 4.98 Å². The van der Waals surface area contributed by atoms with E-state index < -0.39 is 5.89 Å². The summed E-state index contributed by atoms with van der Waals surface area (Å²) in [6.45, 7) is 23.7. The molecule has 0 radical (unpaired) electrons. The third kappa shape index (κ3) is 9.54. The molecule has 2 aromatic heterocycles. The Labute approximate surface area is 419 Å². The monoisotopic (exact) mass is 1070 g/mol. The standard InChI is InChI=1S/C63H62N3O.Pt/c1-40(2)44-27-30-56(52(36-44)43-21-16-13-17-22-43)66-57-24-18-23-51(58(57)65-60(66)53-38-50(62(6,7)8)39-54(59(53)67)63(9,10)11)47-33-46(41-19-14-12-15-20-41)34-48(35-47)55-37-45(31-32-64-55)42-25-28-49(29-26-42)61(3,4)5;/h12-34,36-40,67H,1-11H3;/q-1;/i40D;. The zero-order valence-corrected chi connectivity index (χ0v) is 43.5. The molecule has 0 aliphatic rings. The summed E-state index contributed by atoms with van der Waals surface area (Å²) in [7, 11) is 0. The molecule has 1 N–H and O–H groups in total. The first-order valence-corrected chi connectivity index (χ1v) is 23.5. The van der Waals surface area contributed by atoms with Crippen molar-refractivity contribution in [3.8, 4) is 78.6 Å². The number of hydrogen-bond acceptors (Lipinski definition) is 3. The zero-order chi connectivity index (χ0) is 48.3.